The van der Waals surface area contributed by atoms with Crippen LogP contribution in [0.5, 0.6) is 0 Å². The number of aliphatic hydroxyl groups is 2. The van der Waals surface area contributed by atoms with Crippen LogP contribution < -0.4 is 0 Å². The molecule has 0 bridgehead atoms. The van der Waals surface area contributed by atoms with Crippen LogP contribution in [0.3, 0.4) is 0 Å². The van der Waals surface area contributed by atoms with Gasteiger partial charge in [0.05, 0.1) is 6.61 Å². The van der Waals surface area contributed by atoms with Gasteiger partial charge in [-0.25, -0.2) is 4.79 Å². The molecule has 0 aromatic carbocycles. The highest BCUT2D eigenvalue weighted by atomic mass is 16.7. The van der Waals surface area contributed by atoms with Gasteiger partial charge in [0.1, 0.15) is 18.8 Å². The molecule has 0 aromatic heterocycles. The van der Waals surface area contributed by atoms with Crippen molar-refractivity contribution in [3.05, 3.63) is 109 Å². The molecule has 1 rings (SSSR count). The summed E-state index contributed by atoms with van der Waals surface area (Å²) in [5.74, 6) is -3.23. The molecule has 79 heavy (non-hydrogen) atoms. The van der Waals surface area contributed by atoms with Gasteiger partial charge in [-0.3, -0.25) is 14.4 Å². The van der Waals surface area contributed by atoms with Gasteiger partial charge in [-0.15, -0.1) is 0 Å². The van der Waals surface area contributed by atoms with Gasteiger partial charge in [-0.2, -0.15) is 0 Å². The first kappa shape index (κ1) is 72.4. The largest absolute Gasteiger partial charge is 0.479 e. The highest BCUT2D eigenvalue weighted by Gasteiger charge is 2.50. The number of rotatable bonds is 51. The maximum atomic E-state index is 13.1. The number of aliphatic carboxylic acids is 1. The Morgan fingerprint density at radius 2 is 0.810 bits per heavy atom. The minimum Gasteiger partial charge on any atom is -0.479 e. The van der Waals surface area contributed by atoms with Crippen molar-refractivity contribution in [3.63, 3.8) is 0 Å². The minimum atomic E-state index is -1.92. The summed E-state index contributed by atoms with van der Waals surface area (Å²) in [6.45, 7) is 5.77. The first-order valence-corrected chi connectivity index (χ1v) is 30.9. The lowest BCUT2D eigenvalue weighted by Gasteiger charge is -2.40. The van der Waals surface area contributed by atoms with Crippen molar-refractivity contribution in [1.82, 2.24) is 0 Å². The second kappa shape index (κ2) is 54.0. The first-order valence-electron chi connectivity index (χ1n) is 30.9. The van der Waals surface area contributed by atoms with Gasteiger partial charge in [0.25, 0.3) is 0 Å². The van der Waals surface area contributed by atoms with E-state index in [1.165, 1.54) is 44.9 Å². The van der Waals surface area contributed by atoms with Crippen LogP contribution >= 0.6 is 0 Å². The molecule has 12 heteroatoms. The van der Waals surface area contributed by atoms with Crippen molar-refractivity contribution < 1.29 is 58.2 Å². The van der Waals surface area contributed by atoms with E-state index in [2.05, 4.69) is 124 Å². The predicted octanol–water partition coefficient (Wildman–Crippen LogP) is 16.2. The molecule has 1 saturated heterocycles. The van der Waals surface area contributed by atoms with Crippen molar-refractivity contribution in [2.45, 2.75) is 276 Å². The molecule has 12 nitrogen and oxygen atoms in total. The van der Waals surface area contributed by atoms with Crippen LogP contribution in [-0.4, -0.2) is 89.2 Å². The van der Waals surface area contributed by atoms with E-state index in [0.29, 0.717) is 25.7 Å². The number of aliphatic hydroxyl groups excluding tert-OH is 2. The fourth-order valence-corrected chi connectivity index (χ4v) is 8.58. The third-order valence-corrected chi connectivity index (χ3v) is 13.3. The Labute approximate surface area is 478 Å². The lowest BCUT2D eigenvalue weighted by molar-refractivity contribution is -0.301. The zero-order valence-corrected chi connectivity index (χ0v) is 49.3. The van der Waals surface area contributed by atoms with Crippen LogP contribution in [0.4, 0.5) is 0 Å². The van der Waals surface area contributed by atoms with Gasteiger partial charge in [-0.05, 0) is 122 Å². The maximum absolute atomic E-state index is 13.1. The predicted molar refractivity (Wildman–Crippen MR) is 321 cm³/mol. The standard InChI is InChI=1S/C67H108O12/c1-4-7-10-13-16-19-22-25-27-29-30-32-34-37-40-43-46-49-52-55-61(70)78-65-63(72)62(71)64(66(73)74)79-67(65)76-57-58(77-60(69)54-51-48-45-42-39-35-24-21-18-15-12-9-6-3)56-75-59(68)53-50-47-44-41-38-36-33-31-28-26-23-20-17-14-11-8-5-2/h8,11,16-17,19-21,24-28,30,32-33,36,41,44,58,62-65,67,71-72H,4-7,9-10,12-15,18,22-23,29,31,34-35,37-40,42-43,45-57H2,1-3H3,(H,73,74)/b11-8-,19-16-,20-17-,24-21-,27-25-,28-26-,32-30-,36-33-,44-41-. The first-order chi connectivity index (χ1) is 38.6. The number of carboxylic acid groups (broad SMARTS) is 1. The number of unbranched alkanes of at least 4 members (excludes halogenated alkanes) is 19. The normalized spacial score (nSPS) is 18.6. The Morgan fingerprint density at radius 1 is 0.430 bits per heavy atom. The summed E-state index contributed by atoms with van der Waals surface area (Å²) >= 11 is 0. The molecule has 0 amide bonds. The van der Waals surface area contributed by atoms with E-state index < -0.39 is 67.3 Å². The van der Waals surface area contributed by atoms with Gasteiger partial charge >= 0.3 is 23.9 Å². The molecule has 3 N–H and O–H groups in total. The Balaban J connectivity index is 2.72. The lowest BCUT2D eigenvalue weighted by Crippen LogP contribution is -2.61. The molecular formula is C67H108O12. The fourth-order valence-electron chi connectivity index (χ4n) is 8.58. The molecule has 6 unspecified atom stereocenters. The zero-order valence-electron chi connectivity index (χ0n) is 49.3. The highest BCUT2D eigenvalue weighted by molar-refractivity contribution is 5.74. The number of esters is 3. The van der Waals surface area contributed by atoms with Crippen molar-refractivity contribution in [3.8, 4) is 0 Å². The van der Waals surface area contributed by atoms with E-state index in [1.807, 2.05) is 6.08 Å². The second-order valence-electron chi connectivity index (χ2n) is 20.6. The Bertz CT molecular complexity index is 1790. The molecule has 448 valence electrons. The molecule has 0 radical (unpaired) electrons. The average molecular weight is 1110 g/mol. The average Bonchev–Trinajstić information content (AvgIpc) is 3.47. The zero-order chi connectivity index (χ0) is 57.5. The van der Waals surface area contributed by atoms with E-state index in [4.69, 9.17) is 23.7 Å². The van der Waals surface area contributed by atoms with Gasteiger partial charge in [0.2, 0.25) is 0 Å². The molecule has 1 heterocycles. The van der Waals surface area contributed by atoms with E-state index >= 15 is 0 Å². The van der Waals surface area contributed by atoms with Gasteiger partial charge in [0, 0.05) is 19.3 Å². The summed E-state index contributed by atoms with van der Waals surface area (Å²) in [7, 11) is 0. The molecule has 1 fully saturated rings. The minimum absolute atomic E-state index is 0.0345. The molecular weight excluding hydrogens is 997 g/mol. The highest BCUT2D eigenvalue weighted by Crippen LogP contribution is 2.26. The van der Waals surface area contributed by atoms with E-state index in [9.17, 15) is 34.5 Å². The van der Waals surface area contributed by atoms with E-state index in [1.54, 1.807) is 0 Å². The van der Waals surface area contributed by atoms with Gasteiger partial charge < -0.3 is 39.0 Å². The van der Waals surface area contributed by atoms with Crippen molar-refractivity contribution in [2.24, 2.45) is 0 Å². The molecule has 0 spiro atoms. The van der Waals surface area contributed by atoms with Crippen molar-refractivity contribution in [2.75, 3.05) is 13.2 Å². The van der Waals surface area contributed by atoms with Crippen LogP contribution in [0.15, 0.2) is 109 Å². The van der Waals surface area contributed by atoms with Crippen LogP contribution in [-0.2, 0) is 42.9 Å². The molecule has 6 atom stereocenters. The summed E-state index contributed by atoms with van der Waals surface area (Å²) in [5.41, 5.74) is 0. The number of hydrogen-bond acceptors (Lipinski definition) is 11. The number of carbonyl (C=O) groups excluding carboxylic acids is 3. The maximum Gasteiger partial charge on any atom is 0.335 e. The fraction of sp³-hybridized carbons (Fsp3) is 0.672. The monoisotopic (exact) mass is 1100 g/mol. The molecule has 0 saturated carbocycles. The number of allylic oxidation sites excluding steroid dienone is 18. The molecule has 1 aliphatic heterocycles. The molecule has 0 aliphatic carbocycles. The number of carbonyl (C=O) groups is 4. The summed E-state index contributed by atoms with van der Waals surface area (Å²) in [5, 5.41) is 31.5. The van der Waals surface area contributed by atoms with Gasteiger partial charge in [0.15, 0.2) is 24.6 Å². The van der Waals surface area contributed by atoms with Crippen LogP contribution in [0, 0.1) is 0 Å². The number of ether oxygens (including phenoxy) is 5. The van der Waals surface area contributed by atoms with E-state index in [-0.39, 0.29) is 25.9 Å². The Morgan fingerprint density at radius 3 is 1.29 bits per heavy atom. The van der Waals surface area contributed by atoms with Crippen molar-refractivity contribution >= 4 is 23.9 Å². The quantitative estimate of drug-likeness (QED) is 0.0228. The van der Waals surface area contributed by atoms with E-state index in [0.717, 1.165) is 128 Å². The lowest BCUT2D eigenvalue weighted by atomic mass is 9.98. The third-order valence-electron chi connectivity index (χ3n) is 13.3. The topological polar surface area (TPSA) is 175 Å². The second-order valence-corrected chi connectivity index (χ2v) is 20.6. The smallest absolute Gasteiger partial charge is 0.335 e. The Kier molecular flexibility index (Phi) is 49.5. The molecule has 0 aromatic rings. The third kappa shape index (κ3) is 43.8. The SMILES string of the molecule is CC/C=C\C/C=C\C/C=C\C/C=C\C/C=C\CCCC(=O)OCC(COC1OC(C(=O)O)C(O)C(O)C1OC(=O)CCCCCCCC/C=C\C/C=C\C/C=C\CCCCC)OC(=O)CCCCCCC/C=C\CCCCCC. The van der Waals surface area contributed by atoms with Crippen LogP contribution in [0.25, 0.3) is 0 Å². The van der Waals surface area contributed by atoms with Crippen LogP contribution in [0.2, 0.25) is 0 Å². The van der Waals surface area contributed by atoms with Gasteiger partial charge in [-0.1, -0.05) is 207 Å². The summed E-state index contributed by atoms with van der Waals surface area (Å²) < 4.78 is 28.4. The number of hydrogen-bond donors (Lipinski definition) is 3. The van der Waals surface area contributed by atoms with Crippen molar-refractivity contribution in [1.29, 1.82) is 0 Å². The molecule has 1 aliphatic rings. The summed E-state index contributed by atoms with van der Waals surface area (Å²) in [4.78, 5) is 51.2. The van der Waals surface area contributed by atoms with Crippen LogP contribution in [0.1, 0.15) is 239 Å². The Hall–Kier alpha value is -4.62. The summed E-state index contributed by atoms with van der Waals surface area (Å²) in [6.07, 6.45) is 60.5. The number of carboxylic acids is 1. The summed E-state index contributed by atoms with van der Waals surface area (Å²) in [6, 6.07) is 0.